The van der Waals surface area contributed by atoms with Gasteiger partial charge in [-0.2, -0.15) is 0 Å². The summed E-state index contributed by atoms with van der Waals surface area (Å²) in [6.45, 7) is 2.14. The van der Waals surface area contributed by atoms with Crippen molar-refractivity contribution < 1.29 is 13.9 Å². The molecule has 2 aliphatic rings. The fourth-order valence-corrected chi connectivity index (χ4v) is 4.35. The van der Waals surface area contributed by atoms with E-state index in [4.69, 9.17) is 11.6 Å². The number of aliphatic hydroxyl groups excluding tert-OH is 1. The summed E-state index contributed by atoms with van der Waals surface area (Å²) in [6, 6.07) is 9.25. The number of anilines is 2. The average molecular weight is 379 g/mol. The van der Waals surface area contributed by atoms with Gasteiger partial charge in [0.25, 0.3) is 0 Å². The number of aliphatic hydroxyl groups is 1. The Hall–Kier alpha value is -1.85. The summed E-state index contributed by atoms with van der Waals surface area (Å²) < 4.78 is 27.9. The van der Waals surface area contributed by atoms with Gasteiger partial charge in [-0.25, -0.2) is 8.78 Å². The van der Waals surface area contributed by atoms with E-state index < -0.39 is 5.82 Å². The molecule has 2 fully saturated rings. The van der Waals surface area contributed by atoms with Crippen molar-refractivity contribution in [2.75, 3.05) is 29.4 Å². The molecule has 2 saturated heterocycles. The highest BCUT2D eigenvalue weighted by atomic mass is 35.5. The second-order valence-corrected chi connectivity index (χ2v) is 7.45. The van der Waals surface area contributed by atoms with E-state index in [1.165, 1.54) is 12.1 Å². The molecule has 2 heterocycles. The van der Waals surface area contributed by atoms with Crippen LogP contribution in [0, 0.1) is 11.6 Å². The molecular weight excluding hydrogens is 358 g/mol. The number of rotatable bonds is 3. The van der Waals surface area contributed by atoms with Gasteiger partial charge in [-0.1, -0.05) is 11.6 Å². The van der Waals surface area contributed by atoms with Gasteiger partial charge in [-0.05, 0) is 55.7 Å². The summed E-state index contributed by atoms with van der Waals surface area (Å²) in [5.41, 5.74) is 2.20. The first-order chi connectivity index (χ1) is 12.5. The molecule has 4 rings (SSSR count). The van der Waals surface area contributed by atoms with Gasteiger partial charge in [0.1, 0.15) is 11.6 Å². The smallest absolute Gasteiger partial charge is 0.128 e. The number of halogens is 3. The topological polar surface area (TPSA) is 26.7 Å². The lowest BCUT2D eigenvalue weighted by Gasteiger charge is -2.29. The summed E-state index contributed by atoms with van der Waals surface area (Å²) in [7, 11) is 0. The van der Waals surface area contributed by atoms with Crippen LogP contribution in [0.2, 0.25) is 5.02 Å². The van der Waals surface area contributed by atoms with Crippen LogP contribution >= 0.6 is 11.6 Å². The minimum absolute atomic E-state index is 0.193. The average Bonchev–Trinajstić information content (AvgIpc) is 3.26. The minimum Gasteiger partial charge on any atom is -0.391 e. The van der Waals surface area contributed by atoms with Crippen LogP contribution in [0.25, 0.3) is 0 Å². The fourth-order valence-electron chi connectivity index (χ4n) is 4.06. The molecule has 0 bridgehead atoms. The summed E-state index contributed by atoms with van der Waals surface area (Å²) >= 11 is 6.50. The SMILES string of the molecule is O[C@H]1CCN(c2ccc(N3CCC[C@@H]3c3cc(F)ccc3F)cc2Cl)C1. The van der Waals surface area contributed by atoms with Crippen LogP contribution in [0.1, 0.15) is 30.9 Å². The van der Waals surface area contributed by atoms with Gasteiger partial charge in [0.05, 0.1) is 22.9 Å². The van der Waals surface area contributed by atoms with Crippen molar-refractivity contribution >= 4 is 23.0 Å². The lowest BCUT2D eigenvalue weighted by atomic mass is 10.0. The quantitative estimate of drug-likeness (QED) is 0.850. The van der Waals surface area contributed by atoms with Gasteiger partial charge >= 0.3 is 0 Å². The molecule has 0 radical (unpaired) electrons. The van der Waals surface area contributed by atoms with Crippen LogP contribution in [-0.4, -0.2) is 30.8 Å². The zero-order valence-electron chi connectivity index (χ0n) is 14.3. The second kappa shape index (κ2) is 7.05. The lowest BCUT2D eigenvalue weighted by Crippen LogP contribution is -2.24. The van der Waals surface area contributed by atoms with E-state index >= 15 is 0 Å². The highest BCUT2D eigenvalue weighted by molar-refractivity contribution is 6.33. The van der Waals surface area contributed by atoms with E-state index in [1.54, 1.807) is 0 Å². The molecular formula is C20H21ClF2N2O. The normalized spacial score (nSPS) is 23.1. The standard InChI is InChI=1S/C20H21ClF2N2O/c21-17-11-14(4-6-20(17)24-9-7-15(26)12-24)25-8-1-2-19(25)16-10-13(22)3-5-18(16)23/h3-6,10-11,15,19,26H,1-2,7-9,12H2/t15-,19+/m0/s1. The molecule has 6 heteroatoms. The van der Waals surface area contributed by atoms with Crippen LogP contribution in [-0.2, 0) is 0 Å². The maximum atomic E-state index is 14.2. The van der Waals surface area contributed by atoms with Crippen molar-refractivity contribution in [1.29, 1.82) is 0 Å². The van der Waals surface area contributed by atoms with E-state index in [0.29, 0.717) is 17.1 Å². The molecule has 0 saturated carbocycles. The molecule has 2 aromatic carbocycles. The lowest BCUT2D eigenvalue weighted by molar-refractivity contribution is 0.198. The number of nitrogens with zero attached hydrogens (tertiary/aromatic N) is 2. The molecule has 0 spiro atoms. The van der Waals surface area contributed by atoms with Crippen LogP contribution < -0.4 is 9.80 Å². The molecule has 138 valence electrons. The Labute approximate surface area is 156 Å². The van der Waals surface area contributed by atoms with E-state index in [-0.39, 0.29) is 18.0 Å². The van der Waals surface area contributed by atoms with Crippen molar-refractivity contribution in [1.82, 2.24) is 0 Å². The Morgan fingerprint density at radius 1 is 1.04 bits per heavy atom. The molecule has 0 aromatic heterocycles. The zero-order chi connectivity index (χ0) is 18.3. The Balaban J connectivity index is 1.62. The largest absolute Gasteiger partial charge is 0.391 e. The predicted octanol–water partition coefficient (Wildman–Crippen LogP) is 4.53. The summed E-state index contributed by atoms with van der Waals surface area (Å²) in [4.78, 5) is 4.16. The van der Waals surface area contributed by atoms with Gasteiger partial charge in [0.2, 0.25) is 0 Å². The van der Waals surface area contributed by atoms with Crippen LogP contribution in [0.4, 0.5) is 20.2 Å². The zero-order valence-corrected chi connectivity index (χ0v) is 15.1. The second-order valence-electron chi connectivity index (χ2n) is 7.04. The molecule has 2 atom stereocenters. The highest BCUT2D eigenvalue weighted by Crippen LogP contribution is 2.40. The fraction of sp³-hybridized carbons (Fsp3) is 0.400. The van der Waals surface area contributed by atoms with E-state index in [2.05, 4.69) is 9.80 Å². The van der Waals surface area contributed by atoms with Crippen molar-refractivity contribution in [3.05, 3.63) is 58.6 Å². The minimum atomic E-state index is -0.422. The molecule has 3 nitrogen and oxygen atoms in total. The molecule has 0 amide bonds. The Morgan fingerprint density at radius 3 is 2.62 bits per heavy atom. The van der Waals surface area contributed by atoms with Crippen LogP contribution in [0.15, 0.2) is 36.4 Å². The number of benzene rings is 2. The number of β-amino-alcohol motifs (C(OH)–C–C–N with tert-alkyl or cyclic N) is 1. The Bertz CT molecular complexity index is 816. The summed E-state index contributed by atoms with van der Waals surface area (Å²) in [5.74, 6) is -0.800. The first-order valence-electron chi connectivity index (χ1n) is 8.97. The molecule has 0 unspecified atom stereocenters. The van der Waals surface area contributed by atoms with Gasteiger partial charge < -0.3 is 14.9 Å². The van der Waals surface area contributed by atoms with E-state index in [9.17, 15) is 13.9 Å². The van der Waals surface area contributed by atoms with E-state index in [0.717, 1.165) is 49.8 Å². The van der Waals surface area contributed by atoms with Crippen LogP contribution in [0.3, 0.4) is 0 Å². The number of hydrogen-bond acceptors (Lipinski definition) is 3. The monoisotopic (exact) mass is 378 g/mol. The van der Waals surface area contributed by atoms with Crippen molar-refractivity contribution in [3.63, 3.8) is 0 Å². The summed E-state index contributed by atoms with van der Waals surface area (Å²) in [6.07, 6.45) is 2.12. The first-order valence-corrected chi connectivity index (χ1v) is 9.35. The molecule has 0 aliphatic carbocycles. The van der Waals surface area contributed by atoms with Gasteiger partial charge in [0.15, 0.2) is 0 Å². The maximum Gasteiger partial charge on any atom is 0.128 e. The summed E-state index contributed by atoms with van der Waals surface area (Å²) in [5, 5.41) is 10.3. The Morgan fingerprint density at radius 2 is 1.88 bits per heavy atom. The third-order valence-corrected chi connectivity index (χ3v) is 5.64. The van der Waals surface area contributed by atoms with Crippen molar-refractivity contribution in [3.8, 4) is 0 Å². The molecule has 26 heavy (non-hydrogen) atoms. The molecule has 2 aromatic rings. The predicted molar refractivity (Wildman–Crippen MR) is 100.0 cm³/mol. The van der Waals surface area contributed by atoms with Crippen LogP contribution in [0.5, 0.6) is 0 Å². The van der Waals surface area contributed by atoms with Crippen molar-refractivity contribution in [2.45, 2.75) is 31.4 Å². The molecule has 1 N–H and O–H groups in total. The Kier molecular flexibility index (Phi) is 4.76. The van der Waals surface area contributed by atoms with E-state index in [1.807, 2.05) is 18.2 Å². The number of hydrogen-bond donors (Lipinski definition) is 1. The third-order valence-electron chi connectivity index (χ3n) is 5.34. The van der Waals surface area contributed by atoms with Gasteiger partial charge in [0, 0.05) is 30.9 Å². The molecule has 2 aliphatic heterocycles. The third kappa shape index (κ3) is 3.26. The van der Waals surface area contributed by atoms with Gasteiger partial charge in [-0.15, -0.1) is 0 Å². The van der Waals surface area contributed by atoms with Crippen molar-refractivity contribution in [2.24, 2.45) is 0 Å². The van der Waals surface area contributed by atoms with Gasteiger partial charge in [-0.3, -0.25) is 0 Å². The first kappa shape index (κ1) is 17.6. The highest BCUT2D eigenvalue weighted by Gasteiger charge is 2.30. The maximum absolute atomic E-state index is 14.2.